The SMILES string of the molecule is CC(C)N1C[C@@H]2CC[C@H]1CC2N. The first-order chi connectivity index (χ1) is 5.68. The molecule has 2 nitrogen and oxygen atoms in total. The van der Waals surface area contributed by atoms with Crippen LogP contribution in [0.15, 0.2) is 0 Å². The van der Waals surface area contributed by atoms with Crippen LogP contribution in [0.2, 0.25) is 0 Å². The molecular formula is C10H20N2. The molecule has 3 fully saturated rings. The van der Waals surface area contributed by atoms with Crippen LogP contribution in [0.25, 0.3) is 0 Å². The van der Waals surface area contributed by atoms with Crippen molar-refractivity contribution in [3.05, 3.63) is 0 Å². The van der Waals surface area contributed by atoms with Gasteiger partial charge in [0.15, 0.2) is 0 Å². The number of piperidine rings is 2. The van der Waals surface area contributed by atoms with Crippen molar-refractivity contribution in [2.24, 2.45) is 11.7 Å². The Morgan fingerprint density at radius 2 is 2.08 bits per heavy atom. The molecule has 0 aromatic rings. The van der Waals surface area contributed by atoms with Gasteiger partial charge in [0.25, 0.3) is 0 Å². The van der Waals surface area contributed by atoms with Crippen LogP contribution in [-0.2, 0) is 0 Å². The average molecular weight is 168 g/mol. The Bertz CT molecular complexity index is 167. The summed E-state index contributed by atoms with van der Waals surface area (Å²) in [5, 5.41) is 0. The third-order valence-corrected chi connectivity index (χ3v) is 3.60. The standard InChI is InChI=1S/C10H20N2/c1-7(2)12-6-8-3-4-9(12)5-10(8)11/h7-10H,3-6,11H2,1-2H3/t8-,9-,10?/m0/s1. The van der Waals surface area contributed by atoms with Gasteiger partial charge >= 0.3 is 0 Å². The van der Waals surface area contributed by atoms with E-state index >= 15 is 0 Å². The molecule has 2 heterocycles. The molecule has 3 rings (SSSR count). The Hall–Kier alpha value is -0.0800. The number of nitrogens with two attached hydrogens (primary N) is 1. The quantitative estimate of drug-likeness (QED) is 0.637. The predicted octanol–water partition coefficient (Wildman–Crippen LogP) is 1.21. The Kier molecular flexibility index (Phi) is 2.13. The van der Waals surface area contributed by atoms with E-state index in [9.17, 15) is 0 Å². The fourth-order valence-corrected chi connectivity index (χ4v) is 2.83. The summed E-state index contributed by atoms with van der Waals surface area (Å²) in [4.78, 5) is 2.64. The number of hydrogen-bond acceptors (Lipinski definition) is 2. The van der Waals surface area contributed by atoms with E-state index in [0.29, 0.717) is 12.1 Å². The smallest absolute Gasteiger partial charge is 0.0113 e. The van der Waals surface area contributed by atoms with Gasteiger partial charge in [-0.1, -0.05) is 0 Å². The minimum Gasteiger partial charge on any atom is -0.327 e. The summed E-state index contributed by atoms with van der Waals surface area (Å²) in [6.45, 7) is 5.85. The summed E-state index contributed by atoms with van der Waals surface area (Å²) < 4.78 is 0. The molecule has 12 heavy (non-hydrogen) atoms. The van der Waals surface area contributed by atoms with Crippen molar-refractivity contribution < 1.29 is 0 Å². The van der Waals surface area contributed by atoms with Gasteiger partial charge < -0.3 is 5.73 Å². The summed E-state index contributed by atoms with van der Waals surface area (Å²) in [5.41, 5.74) is 6.06. The Labute approximate surface area is 75.1 Å². The van der Waals surface area contributed by atoms with Gasteiger partial charge in [-0.3, -0.25) is 4.90 Å². The summed E-state index contributed by atoms with van der Waals surface area (Å²) in [6, 6.07) is 2.01. The van der Waals surface area contributed by atoms with Crippen molar-refractivity contribution in [1.29, 1.82) is 0 Å². The lowest BCUT2D eigenvalue weighted by atomic mass is 9.76. The average Bonchev–Trinajstić information content (AvgIpc) is 2.04. The maximum Gasteiger partial charge on any atom is 0.0113 e. The van der Waals surface area contributed by atoms with E-state index in [1.165, 1.54) is 25.8 Å². The highest BCUT2D eigenvalue weighted by Crippen LogP contribution is 2.35. The maximum absolute atomic E-state index is 6.06. The van der Waals surface area contributed by atoms with Crippen LogP contribution < -0.4 is 5.73 Å². The van der Waals surface area contributed by atoms with E-state index in [-0.39, 0.29) is 0 Å². The maximum atomic E-state index is 6.06. The second-order valence-corrected chi connectivity index (χ2v) is 4.68. The van der Waals surface area contributed by atoms with Crippen LogP contribution in [0.1, 0.15) is 33.1 Å². The summed E-state index contributed by atoms with van der Waals surface area (Å²) >= 11 is 0. The number of rotatable bonds is 1. The molecule has 1 unspecified atom stereocenters. The first-order valence-electron chi connectivity index (χ1n) is 5.20. The van der Waals surface area contributed by atoms with Gasteiger partial charge in [-0.05, 0) is 39.0 Å². The van der Waals surface area contributed by atoms with E-state index in [4.69, 9.17) is 5.73 Å². The molecule has 1 aliphatic carbocycles. The van der Waals surface area contributed by atoms with Gasteiger partial charge in [-0.25, -0.2) is 0 Å². The lowest BCUT2D eigenvalue weighted by Gasteiger charge is -2.50. The fourth-order valence-electron chi connectivity index (χ4n) is 2.83. The Balaban J connectivity index is 2.05. The minimum absolute atomic E-state index is 0.499. The molecule has 3 atom stereocenters. The van der Waals surface area contributed by atoms with Crippen LogP contribution >= 0.6 is 0 Å². The lowest BCUT2D eigenvalue weighted by molar-refractivity contribution is 0.0120. The van der Waals surface area contributed by atoms with E-state index in [2.05, 4.69) is 18.7 Å². The minimum atomic E-state index is 0.499. The second kappa shape index (κ2) is 3.00. The third-order valence-electron chi connectivity index (χ3n) is 3.60. The zero-order valence-corrected chi connectivity index (χ0v) is 8.16. The molecule has 2 N–H and O–H groups in total. The van der Waals surface area contributed by atoms with Crippen LogP contribution in [0.5, 0.6) is 0 Å². The van der Waals surface area contributed by atoms with E-state index in [0.717, 1.165) is 12.0 Å². The predicted molar refractivity (Wildman–Crippen MR) is 50.9 cm³/mol. The van der Waals surface area contributed by atoms with Crippen molar-refractivity contribution in [3.8, 4) is 0 Å². The zero-order valence-electron chi connectivity index (χ0n) is 8.16. The van der Waals surface area contributed by atoms with Crippen LogP contribution in [0.3, 0.4) is 0 Å². The first-order valence-corrected chi connectivity index (χ1v) is 5.20. The van der Waals surface area contributed by atoms with Crippen LogP contribution in [0, 0.1) is 5.92 Å². The van der Waals surface area contributed by atoms with Crippen molar-refractivity contribution >= 4 is 0 Å². The van der Waals surface area contributed by atoms with Gasteiger partial charge in [0.05, 0.1) is 0 Å². The summed E-state index contributed by atoms with van der Waals surface area (Å²) in [7, 11) is 0. The van der Waals surface area contributed by atoms with Crippen molar-refractivity contribution in [2.45, 2.75) is 51.2 Å². The Morgan fingerprint density at radius 3 is 2.50 bits per heavy atom. The number of hydrogen-bond donors (Lipinski definition) is 1. The van der Waals surface area contributed by atoms with Gasteiger partial charge in [0.2, 0.25) is 0 Å². The third kappa shape index (κ3) is 1.27. The van der Waals surface area contributed by atoms with Gasteiger partial charge in [-0.15, -0.1) is 0 Å². The molecule has 1 saturated carbocycles. The highest BCUT2D eigenvalue weighted by atomic mass is 15.2. The summed E-state index contributed by atoms with van der Waals surface area (Å²) in [5.74, 6) is 0.789. The van der Waals surface area contributed by atoms with E-state index < -0.39 is 0 Å². The summed E-state index contributed by atoms with van der Waals surface area (Å²) in [6.07, 6.45) is 3.99. The normalized spacial score (nSPS) is 42.5. The zero-order chi connectivity index (χ0) is 8.72. The van der Waals surface area contributed by atoms with Crippen LogP contribution in [0.4, 0.5) is 0 Å². The Morgan fingerprint density at radius 1 is 1.33 bits per heavy atom. The van der Waals surface area contributed by atoms with Crippen molar-refractivity contribution in [3.63, 3.8) is 0 Å². The molecule has 0 spiro atoms. The van der Waals surface area contributed by atoms with Gasteiger partial charge in [-0.2, -0.15) is 0 Å². The highest BCUT2D eigenvalue weighted by Gasteiger charge is 2.39. The van der Waals surface area contributed by atoms with E-state index in [1.54, 1.807) is 0 Å². The fraction of sp³-hybridized carbons (Fsp3) is 1.00. The number of fused-ring (bicyclic) bond motifs is 3. The molecule has 0 aromatic carbocycles. The molecule has 70 valence electrons. The van der Waals surface area contributed by atoms with E-state index in [1.807, 2.05) is 0 Å². The molecular weight excluding hydrogens is 148 g/mol. The van der Waals surface area contributed by atoms with Gasteiger partial charge in [0, 0.05) is 24.7 Å². The lowest BCUT2D eigenvalue weighted by Crippen LogP contribution is -2.58. The number of nitrogens with zero attached hydrogens (tertiary/aromatic N) is 1. The molecule has 2 aliphatic heterocycles. The molecule has 2 saturated heterocycles. The largest absolute Gasteiger partial charge is 0.327 e. The van der Waals surface area contributed by atoms with Crippen molar-refractivity contribution in [1.82, 2.24) is 4.90 Å². The van der Waals surface area contributed by atoms with Crippen LogP contribution in [-0.4, -0.2) is 29.6 Å². The molecule has 0 amide bonds. The monoisotopic (exact) mass is 168 g/mol. The van der Waals surface area contributed by atoms with Gasteiger partial charge in [0.1, 0.15) is 0 Å². The molecule has 2 heteroatoms. The molecule has 0 aromatic heterocycles. The molecule has 0 radical (unpaired) electrons. The highest BCUT2D eigenvalue weighted by molar-refractivity contribution is 4.95. The second-order valence-electron chi connectivity index (χ2n) is 4.68. The topological polar surface area (TPSA) is 29.3 Å². The molecule has 2 bridgehead atoms. The van der Waals surface area contributed by atoms with Crippen molar-refractivity contribution in [2.75, 3.05) is 6.54 Å². The molecule has 3 aliphatic rings. The first kappa shape index (κ1) is 8.52.